The van der Waals surface area contributed by atoms with Crippen LogP contribution in [0.25, 0.3) is 6.08 Å². The van der Waals surface area contributed by atoms with Crippen molar-refractivity contribution in [1.82, 2.24) is 0 Å². The Kier molecular flexibility index (Phi) is 8.13. The standard InChI is InChI=1S/C28H25ClINO4/c1-4-33-25-15-19(13-23(30)26(25)34-16-18-6-5-7-22(29)12-18)14-24-28(32)35-27(31-24)21-10-8-20(9-11-21)17(2)3/h5-15,17H,4,16H2,1-3H3/b24-14-. The second-order valence-corrected chi connectivity index (χ2v) is 9.89. The van der Waals surface area contributed by atoms with Crippen LogP contribution in [0, 0.1) is 3.57 Å². The molecule has 0 fully saturated rings. The molecule has 0 bridgehead atoms. The predicted octanol–water partition coefficient (Wildman–Crippen LogP) is 7.39. The van der Waals surface area contributed by atoms with Gasteiger partial charge in [0, 0.05) is 10.6 Å². The summed E-state index contributed by atoms with van der Waals surface area (Å²) in [5, 5.41) is 0.659. The summed E-state index contributed by atoms with van der Waals surface area (Å²) in [4.78, 5) is 17.0. The van der Waals surface area contributed by atoms with Gasteiger partial charge in [-0.25, -0.2) is 9.79 Å². The van der Waals surface area contributed by atoms with Crippen LogP contribution in [-0.2, 0) is 16.1 Å². The Hall–Kier alpha value is -2.84. The summed E-state index contributed by atoms with van der Waals surface area (Å²) in [5.41, 5.74) is 3.93. The number of carbonyl (C=O) groups is 1. The molecule has 0 radical (unpaired) electrons. The van der Waals surface area contributed by atoms with Gasteiger partial charge in [0.1, 0.15) is 6.61 Å². The highest BCUT2D eigenvalue weighted by Crippen LogP contribution is 2.36. The van der Waals surface area contributed by atoms with Crippen molar-refractivity contribution in [2.75, 3.05) is 6.61 Å². The highest BCUT2D eigenvalue weighted by Gasteiger charge is 2.24. The Morgan fingerprint density at radius 3 is 2.54 bits per heavy atom. The minimum Gasteiger partial charge on any atom is -0.490 e. The van der Waals surface area contributed by atoms with Crippen LogP contribution in [-0.4, -0.2) is 18.5 Å². The van der Waals surface area contributed by atoms with Crippen LogP contribution in [0.1, 0.15) is 48.9 Å². The van der Waals surface area contributed by atoms with Crippen LogP contribution in [0.5, 0.6) is 11.5 Å². The summed E-state index contributed by atoms with van der Waals surface area (Å²) in [6.45, 7) is 7.00. The van der Waals surface area contributed by atoms with Gasteiger partial charge >= 0.3 is 5.97 Å². The third-order valence-corrected chi connectivity index (χ3v) is 6.39. The van der Waals surface area contributed by atoms with Crippen LogP contribution in [0.15, 0.2) is 71.4 Å². The van der Waals surface area contributed by atoms with E-state index < -0.39 is 5.97 Å². The molecule has 0 saturated heterocycles. The number of rotatable bonds is 8. The van der Waals surface area contributed by atoms with Crippen molar-refractivity contribution in [3.05, 3.63) is 97.2 Å². The van der Waals surface area contributed by atoms with Gasteiger partial charge < -0.3 is 14.2 Å². The third-order valence-electron chi connectivity index (χ3n) is 5.35. The summed E-state index contributed by atoms with van der Waals surface area (Å²) < 4.78 is 18.2. The van der Waals surface area contributed by atoms with E-state index in [9.17, 15) is 4.79 Å². The molecule has 7 heteroatoms. The van der Waals surface area contributed by atoms with Crippen molar-refractivity contribution in [2.24, 2.45) is 4.99 Å². The molecule has 0 spiro atoms. The lowest BCUT2D eigenvalue weighted by atomic mass is 10.0. The molecule has 1 aliphatic heterocycles. The number of cyclic esters (lactones) is 1. The largest absolute Gasteiger partial charge is 0.490 e. The molecular weight excluding hydrogens is 577 g/mol. The van der Waals surface area contributed by atoms with E-state index in [1.54, 1.807) is 6.08 Å². The highest BCUT2D eigenvalue weighted by molar-refractivity contribution is 14.1. The van der Waals surface area contributed by atoms with Gasteiger partial charge in [-0.2, -0.15) is 0 Å². The maximum atomic E-state index is 12.5. The molecule has 0 atom stereocenters. The molecule has 0 saturated carbocycles. The topological polar surface area (TPSA) is 57.1 Å². The Balaban J connectivity index is 1.59. The molecule has 0 amide bonds. The Morgan fingerprint density at radius 2 is 1.86 bits per heavy atom. The maximum absolute atomic E-state index is 12.5. The molecular formula is C28H25ClINO4. The van der Waals surface area contributed by atoms with E-state index in [4.69, 9.17) is 25.8 Å². The van der Waals surface area contributed by atoms with Gasteiger partial charge in [0.05, 0.1) is 10.2 Å². The highest BCUT2D eigenvalue weighted by atomic mass is 127. The van der Waals surface area contributed by atoms with Gasteiger partial charge in [-0.1, -0.05) is 49.7 Å². The van der Waals surface area contributed by atoms with E-state index in [0.29, 0.717) is 41.6 Å². The molecule has 1 heterocycles. The molecule has 1 aliphatic rings. The number of hydrogen-bond acceptors (Lipinski definition) is 5. The zero-order valence-corrected chi connectivity index (χ0v) is 22.6. The summed E-state index contributed by atoms with van der Waals surface area (Å²) in [5.74, 6) is 1.47. The Labute approximate surface area is 223 Å². The van der Waals surface area contributed by atoms with Crippen molar-refractivity contribution in [3.8, 4) is 11.5 Å². The number of carbonyl (C=O) groups excluding carboxylic acids is 1. The van der Waals surface area contributed by atoms with Crippen LogP contribution >= 0.6 is 34.2 Å². The quantitative estimate of drug-likeness (QED) is 0.154. The van der Waals surface area contributed by atoms with Gasteiger partial charge in [-0.15, -0.1) is 0 Å². The van der Waals surface area contributed by atoms with Crippen LogP contribution < -0.4 is 9.47 Å². The van der Waals surface area contributed by atoms with Gasteiger partial charge in [0.25, 0.3) is 0 Å². The van der Waals surface area contributed by atoms with Gasteiger partial charge in [0.15, 0.2) is 17.2 Å². The van der Waals surface area contributed by atoms with Crippen molar-refractivity contribution in [1.29, 1.82) is 0 Å². The SMILES string of the molecule is CCOc1cc(/C=C2\N=C(c3ccc(C(C)C)cc3)OC2=O)cc(I)c1OCc1cccc(Cl)c1. The number of ether oxygens (including phenoxy) is 3. The first-order chi connectivity index (χ1) is 16.8. The Morgan fingerprint density at radius 1 is 1.09 bits per heavy atom. The fourth-order valence-corrected chi connectivity index (χ4v) is 4.55. The van der Waals surface area contributed by atoms with Gasteiger partial charge in [-0.3, -0.25) is 0 Å². The maximum Gasteiger partial charge on any atom is 0.363 e. The molecule has 180 valence electrons. The lowest BCUT2D eigenvalue weighted by Crippen LogP contribution is -2.05. The number of esters is 1. The second-order valence-electron chi connectivity index (χ2n) is 8.29. The van der Waals surface area contributed by atoms with Crippen LogP contribution in [0.3, 0.4) is 0 Å². The predicted molar refractivity (Wildman–Crippen MR) is 147 cm³/mol. The minimum atomic E-state index is -0.484. The molecule has 3 aromatic rings. The van der Waals surface area contributed by atoms with E-state index in [0.717, 1.165) is 20.3 Å². The lowest BCUT2D eigenvalue weighted by molar-refractivity contribution is -0.129. The van der Waals surface area contributed by atoms with Crippen LogP contribution in [0.2, 0.25) is 5.02 Å². The third kappa shape index (κ3) is 6.24. The summed E-state index contributed by atoms with van der Waals surface area (Å²) >= 11 is 8.29. The summed E-state index contributed by atoms with van der Waals surface area (Å²) in [7, 11) is 0. The molecule has 3 aromatic carbocycles. The molecule has 35 heavy (non-hydrogen) atoms. The average Bonchev–Trinajstić information content (AvgIpc) is 3.19. The number of hydrogen-bond donors (Lipinski definition) is 0. The van der Waals surface area contributed by atoms with Crippen LogP contribution in [0.4, 0.5) is 0 Å². The number of aliphatic imine (C=N–C) groups is 1. The van der Waals surface area contributed by atoms with E-state index in [1.165, 1.54) is 5.56 Å². The van der Waals surface area contributed by atoms with Crippen molar-refractivity contribution in [3.63, 3.8) is 0 Å². The molecule has 5 nitrogen and oxygen atoms in total. The van der Waals surface area contributed by atoms with Crippen molar-refractivity contribution in [2.45, 2.75) is 33.3 Å². The van der Waals surface area contributed by atoms with E-state index >= 15 is 0 Å². The molecule has 4 rings (SSSR count). The fraction of sp³-hybridized carbons (Fsp3) is 0.214. The molecule has 0 aliphatic carbocycles. The van der Waals surface area contributed by atoms with Gasteiger partial charge in [0.2, 0.25) is 5.90 Å². The zero-order valence-electron chi connectivity index (χ0n) is 19.7. The smallest absolute Gasteiger partial charge is 0.363 e. The first kappa shape index (κ1) is 25.3. The van der Waals surface area contributed by atoms with E-state index in [-0.39, 0.29) is 5.70 Å². The summed E-state index contributed by atoms with van der Waals surface area (Å²) in [6, 6.07) is 19.2. The number of nitrogens with zero attached hydrogens (tertiary/aromatic N) is 1. The molecule has 0 unspecified atom stereocenters. The van der Waals surface area contributed by atoms with Crippen molar-refractivity contribution < 1.29 is 19.0 Å². The number of benzene rings is 3. The van der Waals surface area contributed by atoms with Crippen molar-refractivity contribution >= 4 is 52.1 Å². The first-order valence-electron chi connectivity index (χ1n) is 11.3. The Bertz CT molecular complexity index is 1300. The minimum absolute atomic E-state index is 0.235. The fourth-order valence-electron chi connectivity index (χ4n) is 3.56. The molecule has 0 aromatic heterocycles. The summed E-state index contributed by atoms with van der Waals surface area (Å²) in [6.07, 6.45) is 1.70. The van der Waals surface area contributed by atoms with E-state index in [2.05, 4.69) is 41.4 Å². The zero-order chi connectivity index (χ0) is 24.9. The lowest BCUT2D eigenvalue weighted by Gasteiger charge is -2.15. The monoisotopic (exact) mass is 601 g/mol. The average molecular weight is 602 g/mol. The molecule has 0 N–H and O–H groups in total. The number of halogens is 2. The van der Waals surface area contributed by atoms with E-state index in [1.807, 2.05) is 67.6 Å². The second kappa shape index (κ2) is 11.3. The first-order valence-corrected chi connectivity index (χ1v) is 12.8. The van der Waals surface area contributed by atoms with Gasteiger partial charge in [-0.05, 0) is 94.6 Å². The normalized spacial score (nSPS) is 14.3.